The van der Waals surface area contributed by atoms with Gasteiger partial charge in [0.15, 0.2) is 5.70 Å². The predicted octanol–water partition coefficient (Wildman–Crippen LogP) is 3.44. The summed E-state index contributed by atoms with van der Waals surface area (Å²) in [6.07, 6.45) is 1.66. The Labute approximate surface area is 140 Å². The molecule has 5 nitrogen and oxygen atoms in total. The van der Waals surface area contributed by atoms with Crippen molar-refractivity contribution in [3.05, 3.63) is 65.4 Å². The van der Waals surface area contributed by atoms with E-state index < -0.39 is 5.97 Å². The molecule has 0 saturated heterocycles. The predicted molar refractivity (Wildman–Crippen MR) is 91.2 cm³/mol. The number of carbonyl (C=O) groups is 1. The maximum absolute atomic E-state index is 12.1. The van der Waals surface area contributed by atoms with Crippen molar-refractivity contribution in [2.75, 3.05) is 13.7 Å². The van der Waals surface area contributed by atoms with E-state index in [9.17, 15) is 4.79 Å². The molecular formula is C19H17NO4. The van der Waals surface area contributed by atoms with E-state index in [1.807, 2.05) is 55.5 Å². The van der Waals surface area contributed by atoms with E-state index in [0.717, 1.165) is 16.9 Å². The van der Waals surface area contributed by atoms with Gasteiger partial charge in [0.1, 0.15) is 11.5 Å². The number of methoxy groups -OCH3 is 1. The lowest BCUT2D eigenvalue weighted by molar-refractivity contribution is -0.129. The Bertz CT molecular complexity index is 806. The molecular weight excluding hydrogens is 306 g/mol. The van der Waals surface area contributed by atoms with Gasteiger partial charge in [-0.1, -0.05) is 18.2 Å². The van der Waals surface area contributed by atoms with Crippen LogP contribution in [0.25, 0.3) is 6.08 Å². The highest BCUT2D eigenvalue weighted by Gasteiger charge is 2.24. The van der Waals surface area contributed by atoms with Crippen LogP contribution in [0.1, 0.15) is 18.1 Å². The summed E-state index contributed by atoms with van der Waals surface area (Å²) < 4.78 is 15.9. The molecule has 0 aromatic heterocycles. The second-order valence-electron chi connectivity index (χ2n) is 5.04. The Kier molecular flexibility index (Phi) is 4.61. The third kappa shape index (κ3) is 3.30. The molecule has 0 atom stereocenters. The molecule has 1 heterocycles. The van der Waals surface area contributed by atoms with Gasteiger partial charge in [-0.25, -0.2) is 9.79 Å². The molecule has 3 rings (SSSR count). The Hall–Kier alpha value is -3.08. The maximum Gasteiger partial charge on any atom is 0.363 e. The number of hydrogen-bond acceptors (Lipinski definition) is 5. The SMILES string of the molecule is CCOc1ccc(C2=NC(=Cc3ccccc3OC)C(=O)O2)cc1. The summed E-state index contributed by atoms with van der Waals surface area (Å²) >= 11 is 0. The molecule has 1 aliphatic rings. The van der Waals surface area contributed by atoms with E-state index >= 15 is 0 Å². The number of aliphatic imine (C=N–C) groups is 1. The molecule has 0 spiro atoms. The second-order valence-corrected chi connectivity index (χ2v) is 5.04. The molecule has 0 amide bonds. The first-order chi connectivity index (χ1) is 11.7. The molecule has 0 fully saturated rings. The molecule has 0 bridgehead atoms. The lowest BCUT2D eigenvalue weighted by atomic mass is 10.1. The van der Waals surface area contributed by atoms with E-state index in [1.165, 1.54) is 0 Å². The van der Waals surface area contributed by atoms with Crippen molar-refractivity contribution < 1.29 is 19.0 Å². The maximum atomic E-state index is 12.1. The minimum absolute atomic E-state index is 0.239. The number of benzene rings is 2. The molecule has 24 heavy (non-hydrogen) atoms. The van der Waals surface area contributed by atoms with E-state index in [1.54, 1.807) is 13.2 Å². The summed E-state index contributed by atoms with van der Waals surface area (Å²) in [6.45, 7) is 2.52. The van der Waals surface area contributed by atoms with Crippen molar-refractivity contribution in [2.24, 2.45) is 4.99 Å². The van der Waals surface area contributed by atoms with Crippen LogP contribution in [0, 0.1) is 0 Å². The molecule has 0 N–H and O–H groups in total. The van der Waals surface area contributed by atoms with Crippen LogP contribution >= 0.6 is 0 Å². The topological polar surface area (TPSA) is 57.1 Å². The fourth-order valence-corrected chi connectivity index (χ4v) is 2.33. The number of cyclic esters (lactones) is 1. The molecule has 2 aromatic rings. The first kappa shape index (κ1) is 15.8. The fourth-order valence-electron chi connectivity index (χ4n) is 2.33. The summed E-state index contributed by atoms with van der Waals surface area (Å²) in [4.78, 5) is 16.4. The van der Waals surface area contributed by atoms with E-state index in [2.05, 4.69) is 4.99 Å². The van der Waals surface area contributed by atoms with Crippen LogP contribution in [0.2, 0.25) is 0 Å². The summed E-state index contributed by atoms with van der Waals surface area (Å²) in [5.41, 5.74) is 1.72. The number of esters is 1. The smallest absolute Gasteiger partial charge is 0.363 e. The van der Waals surface area contributed by atoms with E-state index in [4.69, 9.17) is 14.2 Å². The number of hydrogen-bond donors (Lipinski definition) is 0. The van der Waals surface area contributed by atoms with Gasteiger partial charge in [0, 0.05) is 11.1 Å². The molecule has 5 heteroatoms. The van der Waals surface area contributed by atoms with Gasteiger partial charge in [-0.15, -0.1) is 0 Å². The minimum Gasteiger partial charge on any atom is -0.496 e. The molecule has 2 aromatic carbocycles. The van der Waals surface area contributed by atoms with Gasteiger partial charge >= 0.3 is 5.97 Å². The van der Waals surface area contributed by atoms with Crippen LogP contribution < -0.4 is 9.47 Å². The lowest BCUT2D eigenvalue weighted by Gasteiger charge is -2.03. The molecule has 0 unspecified atom stereocenters. The van der Waals surface area contributed by atoms with Gasteiger partial charge in [-0.3, -0.25) is 0 Å². The third-order valence-electron chi connectivity index (χ3n) is 3.46. The molecule has 0 aliphatic carbocycles. The fraction of sp³-hybridized carbons (Fsp3) is 0.158. The van der Waals surface area contributed by atoms with Crippen LogP contribution in [0.5, 0.6) is 11.5 Å². The van der Waals surface area contributed by atoms with Crippen LogP contribution in [0.4, 0.5) is 0 Å². The Balaban J connectivity index is 1.88. The minimum atomic E-state index is -0.482. The summed E-state index contributed by atoms with van der Waals surface area (Å²) in [6, 6.07) is 14.7. The van der Waals surface area contributed by atoms with Crippen molar-refractivity contribution in [3.63, 3.8) is 0 Å². The number of ether oxygens (including phenoxy) is 3. The number of rotatable bonds is 5. The van der Waals surface area contributed by atoms with Crippen molar-refractivity contribution in [3.8, 4) is 11.5 Å². The van der Waals surface area contributed by atoms with Gasteiger partial charge in [0.25, 0.3) is 0 Å². The van der Waals surface area contributed by atoms with Crippen LogP contribution in [-0.4, -0.2) is 25.6 Å². The van der Waals surface area contributed by atoms with E-state index in [-0.39, 0.29) is 11.6 Å². The zero-order valence-electron chi connectivity index (χ0n) is 13.5. The first-order valence-electron chi connectivity index (χ1n) is 7.60. The van der Waals surface area contributed by atoms with Crippen LogP contribution in [-0.2, 0) is 9.53 Å². The van der Waals surface area contributed by atoms with Gasteiger partial charge in [0.2, 0.25) is 5.90 Å². The number of para-hydroxylation sites is 1. The van der Waals surface area contributed by atoms with Crippen LogP contribution in [0.3, 0.4) is 0 Å². The highest BCUT2D eigenvalue weighted by atomic mass is 16.6. The van der Waals surface area contributed by atoms with Crippen molar-refractivity contribution in [1.82, 2.24) is 0 Å². The Morgan fingerprint density at radius 1 is 1.12 bits per heavy atom. The molecule has 0 radical (unpaired) electrons. The van der Waals surface area contributed by atoms with E-state index in [0.29, 0.717) is 12.4 Å². The first-order valence-corrected chi connectivity index (χ1v) is 7.60. The molecule has 0 saturated carbocycles. The van der Waals surface area contributed by atoms with Gasteiger partial charge in [-0.2, -0.15) is 0 Å². The standard InChI is InChI=1S/C19H17NO4/c1-3-23-15-10-8-13(9-11-15)18-20-16(19(21)24-18)12-14-6-4-5-7-17(14)22-2/h4-12H,3H2,1-2H3. The largest absolute Gasteiger partial charge is 0.496 e. The zero-order valence-corrected chi connectivity index (χ0v) is 13.5. The van der Waals surface area contributed by atoms with Gasteiger partial charge in [0.05, 0.1) is 13.7 Å². The third-order valence-corrected chi connectivity index (χ3v) is 3.46. The highest BCUT2D eigenvalue weighted by Crippen LogP contribution is 2.24. The van der Waals surface area contributed by atoms with Gasteiger partial charge < -0.3 is 14.2 Å². The van der Waals surface area contributed by atoms with Crippen molar-refractivity contribution in [1.29, 1.82) is 0 Å². The van der Waals surface area contributed by atoms with Crippen molar-refractivity contribution >= 4 is 17.9 Å². The summed E-state index contributed by atoms with van der Waals surface area (Å²) in [5, 5.41) is 0. The second kappa shape index (κ2) is 7.00. The Morgan fingerprint density at radius 2 is 1.88 bits per heavy atom. The summed E-state index contributed by atoms with van der Waals surface area (Å²) in [7, 11) is 1.58. The molecule has 122 valence electrons. The quantitative estimate of drug-likeness (QED) is 0.625. The Morgan fingerprint density at radius 3 is 2.58 bits per heavy atom. The van der Waals surface area contributed by atoms with Crippen molar-refractivity contribution in [2.45, 2.75) is 6.92 Å². The van der Waals surface area contributed by atoms with Gasteiger partial charge in [-0.05, 0) is 43.3 Å². The summed E-state index contributed by atoms with van der Waals surface area (Å²) in [5.74, 6) is 1.23. The van der Waals surface area contributed by atoms with Crippen LogP contribution in [0.15, 0.2) is 59.2 Å². The highest BCUT2D eigenvalue weighted by molar-refractivity contribution is 6.13. The average Bonchev–Trinajstić information content (AvgIpc) is 2.97. The number of nitrogens with zero attached hydrogens (tertiary/aromatic N) is 1. The normalized spacial score (nSPS) is 15.2. The zero-order chi connectivity index (χ0) is 16.9. The lowest BCUT2D eigenvalue weighted by Crippen LogP contribution is -2.05. The monoisotopic (exact) mass is 323 g/mol. The average molecular weight is 323 g/mol. The molecule has 1 aliphatic heterocycles. The number of carbonyl (C=O) groups excluding carboxylic acids is 1.